The third-order valence-corrected chi connectivity index (χ3v) is 5.81. The fourth-order valence-electron chi connectivity index (χ4n) is 3.85. The van der Waals surface area contributed by atoms with Gasteiger partial charge in [-0.05, 0) is 26.3 Å². The standard InChI is InChI=1S/C26H46N2O3.BrH/c1-4-6-7-8-9-10-11-12-13-14-15-16-17-20-25(29)31-23(3)28-21-18-19-24(22-28)26(30)27-5-2;/h18-19,21,23H,4-17,20,22H2,1-3H3,(H,27,30);1H. The van der Waals surface area contributed by atoms with E-state index in [1.165, 1.54) is 70.6 Å². The summed E-state index contributed by atoms with van der Waals surface area (Å²) >= 11 is 0. The van der Waals surface area contributed by atoms with Crippen LogP contribution in [0.1, 0.15) is 111 Å². The SMILES string of the molecule is Br.CCCCCCCCCCCCCCCC(=O)OC(C)N1C=CC=C(C(=O)NCC)C1. The molecule has 6 heteroatoms. The van der Waals surface area contributed by atoms with Crippen molar-refractivity contribution in [1.29, 1.82) is 0 Å². The molecule has 1 aliphatic heterocycles. The van der Waals surface area contributed by atoms with E-state index in [4.69, 9.17) is 4.74 Å². The van der Waals surface area contributed by atoms with Crippen LogP contribution in [-0.2, 0) is 14.3 Å². The van der Waals surface area contributed by atoms with Gasteiger partial charge in [0.1, 0.15) is 0 Å². The summed E-state index contributed by atoms with van der Waals surface area (Å²) in [4.78, 5) is 26.0. The minimum atomic E-state index is -0.371. The lowest BCUT2D eigenvalue weighted by atomic mass is 10.0. The number of carbonyl (C=O) groups excluding carboxylic acids is 2. The molecule has 1 rings (SSSR count). The molecule has 0 aromatic rings. The number of hydrogen-bond acceptors (Lipinski definition) is 4. The molecular weight excluding hydrogens is 468 g/mol. The number of ether oxygens (including phenoxy) is 1. The average molecular weight is 516 g/mol. The first-order chi connectivity index (χ1) is 15.1. The molecule has 1 unspecified atom stereocenters. The molecule has 0 fully saturated rings. The van der Waals surface area contributed by atoms with Crippen molar-refractivity contribution in [3.8, 4) is 0 Å². The van der Waals surface area contributed by atoms with Crippen molar-refractivity contribution < 1.29 is 14.3 Å². The third-order valence-electron chi connectivity index (χ3n) is 5.81. The molecule has 0 bridgehead atoms. The van der Waals surface area contributed by atoms with Crippen molar-refractivity contribution >= 4 is 28.9 Å². The second kappa shape index (κ2) is 20.3. The van der Waals surface area contributed by atoms with Crippen LogP contribution >= 0.6 is 17.0 Å². The van der Waals surface area contributed by atoms with E-state index < -0.39 is 0 Å². The van der Waals surface area contributed by atoms with Gasteiger partial charge in [-0.1, -0.05) is 90.0 Å². The Kier molecular flexibility index (Phi) is 19.5. The van der Waals surface area contributed by atoms with Crippen molar-refractivity contribution in [3.05, 3.63) is 23.9 Å². The van der Waals surface area contributed by atoms with Crippen molar-refractivity contribution in [2.75, 3.05) is 13.1 Å². The van der Waals surface area contributed by atoms with Crippen LogP contribution in [0.3, 0.4) is 0 Å². The summed E-state index contributed by atoms with van der Waals surface area (Å²) in [6.07, 6.45) is 22.4. The number of allylic oxidation sites excluding steroid dienone is 2. The van der Waals surface area contributed by atoms with Gasteiger partial charge in [-0.25, -0.2) is 0 Å². The smallest absolute Gasteiger partial charge is 0.307 e. The first-order valence-electron chi connectivity index (χ1n) is 12.7. The fourth-order valence-corrected chi connectivity index (χ4v) is 3.85. The molecule has 5 nitrogen and oxygen atoms in total. The van der Waals surface area contributed by atoms with Gasteiger partial charge in [0.05, 0.1) is 6.54 Å². The quantitative estimate of drug-likeness (QED) is 0.161. The summed E-state index contributed by atoms with van der Waals surface area (Å²) in [6.45, 7) is 7.07. The number of rotatable bonds is 18. The Balaban J connectivity index is 0.00000961. The highest BCUT2D eigenvalue weighted by Gasteiger charge is 2.20. The molecule has 186 valence electrons. The van der Waals surface area contributed by atoms with Crippen LogP contribution in [-0.4, -0.2) is 36.1 Å². The second-order valence-corrected chi connectivity index (χ2v) is 8.65. The van der Waals surface area contributed by atoms with E-state index >= 15 is 0 Å². The number of amides is 1. The number of esters is 1. The summed E-state index contributed by atoms with van der Waals surface area (Å²) < 4.78 is 5.56. The van der Waals surface area contributed by atoms with Gasteiger partial charge in [0.15, 0.2) is 6.23 Å². The summed E-state index contributed by atoms with van der Waals surface area (Å²) in [5.74, 6) is -0.222. The maximum Gasteiger partial charge on any atom is 0.307 e. The Morgan fingerprint density at radius 3 is 2.00 bits per heavy atom. The first kappa shape index (κ1) is 30.7. The van der Waals surface area contributed by atoms with Crippen molar-refractivity contribution in [3.63, 3.8) is 0 Å². The van der Waals surface area contributed by atoms with Crippen molar-refractivity contribution in [1.82, 2.24) is 10.2 Å². The summed E-state index contributed by atoms with van der Waals surface area (Å²) in [5.41, 5.74) is 0.684. The number of halogens is 1. The lowest BCUT2D eigenvalue weighted by Gasteiger charge is -2.29. The maximum atomic E-state index is 12.1. The maximum absolute atomic E-state index is 12.1. The van der Waals surface area contributed by atoms with Gasteiger partial charge in [-0.2, -0.15) is 0 Å². The molecule has 1 atom stereocenters. The van der Waals surface area contributed by atoms with Crippen LogP contribution in [0, 0.1) is 0 Å². The molecule has 0 saturated carbocycles. The molecule has 0 radical (unpaired) electrons. The highest BCUT2D eigenvalue weighted by molar-refractivity contribution is 8.93. The van der Waals surface area contributed by atoms with Gasteiger partial charge in [0.25, 0.3) is 0 Å². The zero-order valence-electron chi connectivity index (χ0n) is 20.7. The molecule has 1 amide bonds. The number of hydrogen-bond donors (Lipinski definition) is 1. The van der Waals surface area contributed by atoms with Gasteiger partial charge in [0.2, 0.25) is 5.91 Å². The van der Waals surface area contributed by atoms with Crippen LogP contribution in [0.5, 0.6) is 0 Å². The zero-order chi connectivity index (χ0) is 22.7. The molecule has 1 heterocycles. The molecular formula is C26H47BrN2O3. The van der Waals surface area contributed by atoms with Crippen molar-refractivity contribution in [2.24, 2.45) is 0 Å². The average Bonchev–Trinajstić information content (AvgIpc) is 2.77. The Bertz CT molecular complexity index is 563. The molecule has 1 N–H and O–H groups in total. The summed E-state index contributed by atoms with van der Waals surface area (Å²) in [5, 5.41) is 2.81. The largest absolute Gasteiger partial charge is 0.442 e. The minimum absolute atomic E-state index is 0. The normalized spacial score (nSPS) is 13.8. The Morgan fingerprint density at radius 2 is 1.47 bits per heavy atom. The minimum Gasteiger partial charge on any atom is -0.442 e. The number of carbonyl (C=O) groups is 2. The number of nitrogens with one attached hydrogen (secondary N) is 1. The molecule has 32 heavy (non-hydrogen) atoms. The van der Waals surface area contributed by atoms with E-state index in [-0.39, 0.29) is 35.1 Å². The lowest BCUT2D eigenvalue weighted by molar-refractivity contribution is -0.155. The van der Waals surface area contributed by atoms with E-state index in [1.807, 2.05) is 37.1 Å². The van der Waals surface area contributed by atoms with E-state index in [0.29, 0.717) is 25.1 Å². The zero-order valence-corrected chi connectivity index (χ0v) is 22.4. The highest BCUT2D eigenvalue weighted by atomic mass is 79.9. The van der Waals surface area contributed by atoms with Crippen LogP contribution in [0.15, 0.2) is 23.9 Å². The number of likely N-dealkylation sites (N-methyl/N-ethyl adjacent to an activating group) is 1. The molecule has 0 spiro atoms. The number of nitrogens with zero attached hydrogens (tertiary/aromatic N) is 1. The molecule has 0 saturated heterocycles. The van der Waals surface area contributed by atoms with Crippen LogP contribution in [0.4, 0.5) is 0 Å². The van der Waals surface area contributed by atoms with E-state index in [0.717, 1.165) is 12.8 Å². The fraction of sp³-hybridized carbons (Fsp3) is 0.769. The topological polar surface area (TPSA) is 58.6 Å². The predicted octanol–water partition coefficient (Wildman–Crippen LogP) is 6.83. The van der Waals surface area contributed by atoms with Gasteiger partial charge < -0.3 is 15.0 Å². The summed E-state index contributed by atoms with van der Waals surface area (Å²) in [7, 11) is 0. The molecule has 1 aliphatic rings. The van der Waals surface area contributed by atoms with Gasteiger partial charge in [0, 0.05) is 24.7 Å². The lowest BCUT2D eigenvalue weighted by Crippen LogP contribution is -2.38. The van der Waals surface area contributed by atoms with E-state index in [2.05, 4.69) is 12.2 Å². The molecule has 0 aromatic carbocycles. The van der Waals surface area contributed by atoms with Crippen LogP contribution in [0.2, 0.25) is 0 Å². The van der Waals surface area contributed by atoms with Crippen LogP contribution < -0.4 is 5.32 Å². The summed E-state index contributed by atoms with van der Waals surface area (Å²) in [6, 6.07) is 0. The van der Waals surface area contributed by atoms with Gasteiger partial charge in [-0.15, -0.1) is 17.0 Å². The molecule has 0 aromatic heterocycles. The van der Waals surface area contributed by atoms with Crippen LogP contribution in [0.25, 0.3) is 0 Å². The van der Waals surface area contributed by atoms with Gasteiger partial charge in [-0.3, -0.25) is 9.59 Å². The Labute approximate surface area is 207 Å². The molecule has 0 aliphatic carbocycles. The number of unbranched alkanes of at least 4 members (excludes halogenated alkanes) is 12. The van der Waals surface area contributed by atoms with Gasteiger partial charge >= 0.3 is 5.97 Å². The highest BCUT2D eigenvalue weighted by Crippen LogP contribution is 2.15. The predicted molar refractivity (Wildman–Crippen MR) is 139 cm³/mol. The van der Waals surface area contributed by atoms with Crippen molar-refractivity contribution in [2.45, 2.75) is 117 Å². The monoisotopic (exact) mass is 514 g/mol. The third kappa shape index (κ3) is 14.7. The Hall–Kier alpha value is -1.30. The second-order valence-electron chi connectivity index (χ2n) is 8.65. The first-order valence-corrected chi connectivity index (χ1v) is 12.7. The van der Waals surface area contributed by atoms with E-state index in [1.54, 1.807) is 0 Å². The Morgan fingerprint density at radius 1 is 0.938 bits per heavy atom. The van der Waals surface area contributed by atoms with E-state index in [9.17, 15) is 9.59 Å².